The third-order valence-electron chi connectivity index (χ3n) is 5.27. The molecule has 0 N–H and O–H groups in total. The quantitative estimate of drug-likeness (QED) is 0.347. The molecule has 0 unspecified atom stereocenters. The van der Waals surface area contributed by atoms with E-state index in [4.69, 9.17) is 15.6 Å². The van der Waals surface area contributed by atoms with Crippen molar-refractivity contribution in [1.82, 2.24) is 0 Å². The van der Waals surface area contributed by atoms with Gasteiger partial charge in [-0.25, -0.2) is 0 Å². The van der Waals surface area contributed by atoms with Crippen LogP contribution in [0.3, 0.4) is 0 Å². The summed E-state index contributed by atoms with van der Waals surface area (Å²) in [6.45, 7) is 13.9. The lowest BCUT2D eigenvalue weighted by molar-refractivity contribution is -0.151. The van der Waals surface area contributed by atoms with Crippen LogP contribution in [0, 0.1) is 23.2 Å². The fraction of sp³-hybridized carbons (Fsp3) is 0.750. The number of cyclic esters (lactones) is 1. The smallest absolute Gasteiger partial charge is 0.316 e. The van der Waals surface area contributed by atoms with E-state index in [0.29, 0.717) is 0 Å². The van der Waals surface area contributed by atoms with Crippen molar-refractivity contribution in [2.75, 3.05) is 6.61 Å². The van der Waals surface area contributed by atoms with Gasteiger partial charge >= 0.3 is 5.97 Å². The minimum absolute atomic E-state index is 0.0431. The average molecular weight is 310 g/mol. The first-order chi connectivity index (χ1) is 9.35. The fourth-order valence-electron chi connectivity index (χ4n) is 2.10. The number of ether oxygens (including phenoxy) is 1. The van der Waals surface area contributed by atoms with E-state index in [2.05, 4.69) is 39.8 Å². The van der Waals surface area contributed by atoms with Crippen molar-refractivity contribution < 1.29 is 18.8 Å². The van der Waals surface area contributed by atoms with Gasteiger partial charge in [-0.3, -0.25) is 4.79 Å². The molecule has 0 aromatic rings. The Kier molecular flexibility index (Phi) is 4.49. The SMILES string of the molecule is C#C[C@H](O[Si](C)(C)C(C)(C)C)[C@@]1(C)C(=O)OC[C@]1(C)C=O. The zero-order valence-corrected chi connectivity index (χ0v) is 15.1. The van der Waals surface area contributed by atoms with Crippen molar-refractivity contribution in [3.05, 3.63) is 0 Å². The highest BCUT2D eigenvalue weighted by Crippen LogP contribution is 2.49. The summed E-state index contributed by atoms with van der Waals surface area (Å²) in [5, 5.41) is -0.0431. The van der Waals surface area contributed by atoms with Crippen LogP contribution in [-0.4, -0.2) is 33.3 Å². The average Bonchev–Trinajstić information content (AvgIpc) is 2.60. The lowest BCUT2D eigenvalue weighted by atomic mass is 9.65. The second-order valence-corrected chi connectivity index (χ2v) is 12.5. The number of esters is 1. The van der Waals surface area contributed by atoms with Gasteiger partial charge in [0.2, 0.25) is 0 Å². The Labute approximate surface area is 128 Å². The molecular formula is C16H26O4Si. The van der Waals surface area contributed by atoms with Crippen LogP contribution >= 0.6 is 0 Å². The molecule has 1 fully saturated rings. The molecule has 1 heterocycles. The third-order valence-corrected chi connectivity index (χ3v) is 9.71. The summed E-state index contributed by atoms with van der Waals surface area (Å²) in [7, 11) is -2.17. The molecule has 0 amide bonds. The molecule has 1 aliphatic rings. The molecule has 0 bridgehead atoms. The van der Waals surface area contributed by atoms with E-state index in [0.717, 1.165) is 6.29 Å². The number of terminal acetylenes is 1. The molecule has 4 nitrogen and oxygen atoms in total. The van der Waals surface area contributed by atoms with Crippen LogP contribution in [0.15, 0.2) is 0 Å². The largest absolute Gasteiger partial charge is 0.464 e. The van der Waals surface area contributed by atoms with E-state index < -0.39 is 31.2 Å². The van der Waals surface area contributed by atoms with E-state index in [1.54, 1.807) is 13.8 Å². The van der Waals surface area contributed by atoms with E-state index in [-0.39, 0.29) is 11.6 Å². The molecule has 0 radical (unpaired) electrons. The van der Waals surface area contributed by atoms with Crippen molar-refractivity contribution in [3.8, 4) is 12.3 Å². The summed E-state index contributed by atoms with van der Waals surface area (Å²) >= 11 is 0. The number of rotatable bonds is 4. The molecule has 118 valence electrons. The molecule has 5 heteroatoms. The van der Waals surface area contributed by atoms with Crippen molar-refractivity contribution in [3.63, 3.8) is 0 Å². The molecule has 1 aliphatic heterocycles. The highest BCUT2D eigenvalue weighted by Gasteiger charge is 2.63. The topological polar surface area (TPSA) is 52.6 Å². The third kappa shape index (κ3) is 2.67. The Balaban J connectivity index is 3.24. The van der Waals surface area contributed by atoms with E-state index in [9.17, 15) is 9.59 Å². The molecule has 0 aromatic carbocycles. The summed E-state index contributed by atoms with van der Waals surface area (Å²) < 4.78 is 11.4. The fourth-order valence-corrected chi connectivity index (χ4v) is 3.35. The van der Waals surface area contributed by atoms with Gasteiger partial charge in [0.1, 0.15) is 24.4 Å². The van der Waals surface area contributed by atoms with Gasteiger partial charge in [-0.05, 0) is 32.0 Å². The second-order valence-electron chi connectivity index (χ2n) is 7.74. The molecule has 0 saturated carbocycles. The minimum atomic E-state index is -2.17. The van der Waals surface area contributed by atoms with Crippen LogP contribution in [0.2, 0.25) is 18.1 Å². The predicted molar refractivity (Wildman–Crippen MR) is 84.1 cm³/mol. The summed E-state index contributed by atoms with van der Waals surface area (Å²) in [6, 6.07) is 0. The highest BCUT2D eigenvalue weighted by atomic mass is 28.4. The Bertz CT molecular complexity index is 485. The van der Waals surface area contributed by atoms with E-state index in [1.807, 2.05) is 0 Å². The zero-order valence-electron chi connectivity index (χ0n) is 14.1. The molecular weight excluding hydrogens is 284 g/mol. The zero-order chi connectivity index (χ0) is 16.7. The monoisotopic (exact) mass is 310 g/mol. The van der Waals surface area contributed by atoms with Crippen molar-refractivity contribution in [1.29, 1.82) is 0 Å². The molecule has 0 aliphatic carbocycles. The molecule has 1 saturated heterocycles. The van der Waals surface area contributed by atoms with Crippen LogP contribution in [-0.2, 0) is 18.8 Å². The Hall–Kier alpha value is -1.12. The van der Waals surface area contributed by atoms with Crippen LogP contribution in [0.5, 0.6) is 0 Å². The molecule has 21 heavy (non-hydrogen) atoms. The maximum absolute atomic E-state index is 12.3. The maximum atomic E-state index is 12.3. The van der Waals surface area contributed by atoms with Crippen LogP contribution in [0.4, 0.5) is 0 Å². The highest BCUT2D eigenvalue weighted by molar-refractivity contribution is 6.74. The summed E-state index contributed by atoms with van der Waals surface area (Å²) in [5.41, 5.74) is -2.12. The van der Waals surface area contributed by atoms with Crippen molar-refractivity contribution in [2.24, 2.45) is 10.8 Å². The van der Waals surface area contributed by atoms with Crippen LogP contribution in [0.25, 0.3) is 0 Å². The van der Waals surface area contributed by atoms with Crippen LogP contribution < -0.4 is 0 Å². The lowest BCUT2D eigenvalue weighted by Crippen LogP contribution is -2.54. The Morgan fingerprint density at radius 1 is 1.43 bits per heavy atom. The molecule has 0 spiro atoms. The Morgan fingerprint density at radius 3 is 2.33 bits per heavy atom. The summed E-state index contributed by atoms with van der Waals surface area (Å²) in [5.74, 6) is 2.13. The Morgan fingerprint density at radius 2 is 1.95 bits per heavy atom. The van der Waals surface area contributed by atoms with Crippen molar-refractivity contribution in [2.45, 2.75) is 58.9 Å². The van der Waals surface area contributed by atoms with Gasteiger partial charge < -0.3 is 14.0 Å². The van der Waals surface area contributed by atoms with Gasteiger partial charge in [-0.15, -0.1) is 6.42 Å². The van der Waals surface area contributed by atoms with Gasteiger partial charge in [0.25, 0.3) is 0 Å². The van der Waals surface area contributed by atoms with Gasteiger partial charge in [0, 0.05) is 0 Å². The first-order valence-electron chi connectivity index (χ1n) is 7.13. The number of aldehydes is 1. The first-order valence-corrected chi connectivity index (χ1v) is 10.0. The molecule has 3 atom stereocenters. The van der Waals surface area contributed by atoms with Gasteiger partial charge in [0.15, 0.2) is 8.32 Å². The first kappa shape index (κ1) is 17.9. The molecule has 0 aromatic heterocycles. The molecule has 1 rings (SSSR count). The van der Waals surface area contributed by atoms with Gasteiger partial charge in [0.05, 0.1) is 5.41 Å². The van der Waals surface area contributed by atoms with Gasteiger partial charge in [-0.2, -0.15) is 0 Å². The van der Waals surface area contributed by atoms with E-state index >= 15 is 0 Å². The number of hydrogen-bond acceptors (Lipinski definition) is 4. The number of carbonyl (C=O) groups excluding carboxylic acids is 2. The summed E-state index contributed by atoms with van der Waals surface area (Å²) in [6.07, 6.45) is 5.64. The normalized spacial score (nSPS) is 31.4. The second kappa shape index (κ2) is 5.26. The maximum Gasteiger partial charge on any atom is 0.316 e. The van der Waals surface area contributed by atoms with E-state index in [1.165, 1.54) is 0 Å². The minimum Gasteiger partial charge on any atom is -0.464 e. The lowest BCUT2D eigenvalue weighted by Gasteiger charge is -2.43. The number of hydrogen-bond donors (Lipinski definition) is 0. The predicted octanol–water partition coefficient (Wildman–Crippen LogP) is 2.78. The standard InChI is InChI=1S/C16H26O4Si/c1-9-12(20-21(7,8)14(2,3)4)16(6)13(18)19-11-15(16,5)10-17/h1,10,12H,11H2,2-8H3/t12-,15-,16-/m0/s1. The van der Waals surface area contributed by atoms with Gasteiger partial charge in [-0.1, -0.05) is 26.7 Å². The van der Waals surface area contributed by atoms with Crippen LogP contribution in [0.1, 0.15) is 34.6 Å². The number of carbonyl (C=O) groups is 2. The van der Waals surface area contributed by atoms with Crippen molar-refractivity contribution >= 4 is 20.6 Å². The summed E-state index contributed by atoms with van der Waals surface area (Å²) in [4.78, 5) is 23.8.